The van der Waals surface area contributed by atoms with E-state index in [1.54, 1.807) is 6.20 Å². The molecule has 5 unspecified atom stereocenters. The van der Waals surface area contributed by atoms with Gasteiger partial charge in [0.2, 0.25) is 5.91 Å². The molecule has 3 saturated heterocycles. The van der Waals surface area contributed by atoms with Crippen molar-refractivity contribution in [1.82, 2.24) is 56.4 Å². The first-order chi connectivity index (χ1) is 43.4. The Hall–Kier alpha value is -3.36. The number of carbonyl (C=O) groups is 1. The van der Waals surface area contributed by atoms with Crippen LogP contribution in [0.15, 0.2) is 59.4 Å². The number of aryl methyl sites for hydroxylation is 1. The van der Waals surface area contributed by atoms with Gasteiger partial charge in [0.05, 0.1) is 23.0 Å². The Kier molecular flexibility index (Phi) is 27.5. The highest BCUT2D eigenvalue weighted by atomic mass is 35.5. The van der Waals surface area contributed by atoms with Crippen molar-refractivity contribution in [3.63, 3.8) is 0 Å². The Morgan fingerprint density at radius 3 is 2.18 bits per heavy atom. The van der Waals surface area contributed by atoms with Gasteiger partial charge < -0.3 is 46.2 Å². The van der Waals surface area contributed by atoms with Crippen LogP contribution in [0, 0.1) is 29.6 Å². The average molecular weight is 1300 g/mol. The lowest BCUT2D eigenvalue weighted by molar-refractivity contribution is -0.165. The number of likely N-dealkylation sites (tertiary alicyclic amines) is 1. The summed E-state index contributed by atoms with van der Waals surface area (Å²) in [7, 11) is 4.18. The number of nitrogens with zero attached hydrogens (tertiary/aromatic N) is 6. The number of fused-ring (bicyclic) bond motifs is 2. The molecule has 1 amide bonds. The standard InChI is InChI=1S/C72H120ClF5N12O/c1-12-50(4)65-43-82-64(40-49(2)3)52(6)81-44-66-67(69(91)88-36-21-37-88)55(9)90(66)68(58-24-16-17-25-58)53(7)85-70(32-18-19-33-70)47-79-48-71(74,75)83-34-31-59(29-27-57-28-30-62(63(73)42-57)72(76,77)78)80-35-39-86(10)45-61(41-56-22-14-13-15-23-56)87(11)46-60-26-20-38-89(60)54(8)51(5)84-65/h28,30,35,39,42,45-46,49-56,58,64-68,79,81-85H,12-27,29,31-34,36-38,40-41,43-44,47-48H2,1-11H3/t50-,51?,52?,53?,54-,55?,64-,65+,66?,67-,68+/m0/s1. The van der Waals surface area contributed by atoms with Crippen molar-refractivity contribution in [3.05, 3.63) is 70.5 Å². The Bertz CT molecular complexity index is 2540. The van der Waals surface area contributed by atoms with E-state index >= 15 is 8.78 Å². The fourth-order valence-corrected chi connectivity index (χ4v) is 16.9. The maximum absolute atomic E-state index is 16.2. The van der Waals surface area contributed by atoms with E-state index in [9.17, 15) is 18.0 Å². The molecule has 19 heteroatoms. The summed E-state index contributed by atoms with van der Waals surface area (Å²) in [4.78, 5) is 31.2. The predicted octanol–water partition coefficient (Wildman–Crippen LogP) is 13.5. The maximum atomic E-state index is 16.2. The van der Waals surface area contributed by atoms with Crippen molar-refractivity contribution in [2.24, 2.45) is 34.6 Å². The van der Waals surface area contributed by atoms with Crippen molar-refractivity contribution >= 4 is 23.2 Å². The van der Waals surface area contributed by atoms with Gasteiger partial charge in [0.15, 0.2) is 0 Å². The van der Waals surface area contributed by atoms with Gasteiger partial charge in [-0.3, -0.25) is 20.0 Å². The number of alkyl halides is 5. The summed E-state index contributed by atoms with van der Waals surface area (Å²) in [6.07, 6.45) is 25.3. The van der Waals surface area contributed by atoms with Crippen molar-refractivity contribution < 1.29 is 26.7 Å². The van der Waals surface area contributed by atoms with Gasteiger partial charge >= 0.3 is 12.2 Å². The Balaban J connectivity index is 1.09. The molecule has 4 aliphatic heterocycles. The summed E-state index contributed by atoms with van der Waals surface area (Å²) in [5.74, 6) is 2.16. The molecule has 91 heavy (non-hydrogen) atoms. The number of hydrogen-bond acceptors (Lipinski definition) is 12. The molecule has 3 aliphatic carbocycles. The van der Waals surface area contributed by atoms with Gasteiger partial charge in [-0.1, -0.05) is 110 Å². The maximum Gasteiger partial charge on any atom is 0.417 e. The molecule has 7 aliphatic rings. The Morgan fingerprint density at radius 1 is 0.802 bits per heavy atom. The summed E-state index contributed by atoms with van der Waals surface area (Å²) in [5, 5.41) is 22.1. The third kappa shape index (κ3) is 20.4. The fourth-order valence-electron chi connectivity index (χ4n) is 16.6. The quantitative estimate of drug-likeness (QED) is 0.0939. The van der Waals surface area contributed by atoms with Crippen molar-refractivity contribution in [2.75, 3.05) is 66.5 Å². The fraction of sp³-hybridized carbons (Fsp3) is 0.806. The van der Waals surface area contributed by atoms with E-state index in [1.807, 2.05) is 18.1 Å². The Labute approximate surface area is 551 Å². The highest BCUT2D eigenvalue weighted by Gasteiger charge is 2.56. The van der Waals surface area contributed by atoms with Crippen molar-refractivity contribution in [2.45, 2.75) is 276 Å². The number of carbonyl (C=O) groups excluding carboxylic acids is 1. The first-order valence-corrected chi connectivity index (χ1v) is 36.3. The molecule has 13 nitrogen and oxygen atoms in total. The molecule has 0 radical (unpaired) electrons. The van der Waals surface area contributed by atoms with Crippen LogP contribution in [0.1, 0.15) is 208 Å². The number of nitrogens with one attached hydrogen (secondary N) is 6. The molecule has 1 aromatic rings. The van der Waals surface area contributed by atoms with Crippen LogP contribution in [0.25, 0.3) is 0 Å². The molecule has 1 aromatic carbocycles. The van der Waals surface area contributed by atoms with Crippen LogP contribution in [0.5, 0.6) is 0 Å². The molecule has 516 valence electrons. The number of amides is 1. The number of rotatable bonds is 11. The van der Waals surface area contributed by atoms with Crippen LogP contribution < -0.4 is 31.9 Å². The van der Waals surface area contributed by atoms with Crippen LogP contribution in [0.3, 0.4) is 0 Å². The highest BCUT2D eigenvalue weighted by Crippen LogP contribution is 2.44. The lowest BCUT2D eigenvalue weighted by Gasteiger charge is -2.60. The molecular formula is C72H120ClF5N12O. The molecule has 0 aromatic heterocycles. The predicted molar refractivity (Wildman–Crippen MR) is 364 cm³/mol. The lowest BCUT2D eigenvalue weighted by atomic mass is 9.73. The van der Waals surface area contributed by atoms with Gasteiger partial charge in [-0.15, -0.1) is 0 Å². The van der Waals surface area contributed by atoms with Crippen LogP contribution in [-0.2, 0) is 17.4 Å². The Morgan fingerprint density at radius 2 is 1.52 bits per heavy atom. The number of aliphatic imine (C=N–C) groups is 1. The zero-order valence-corrected chi connectivity index (χ0v) is 58.5. The average Bonchev–Trinajstić information content (AvgIpc) is 1.06. The molecule has 8 rings (SSSR count). The molecule has 6 fully saturated rings. The monoisotopic (exact) mass is 1300 g/mol. The molecular weight excluding hydrogens is 1180 g/mol. The molecule has 3 saturated carbocycles. The molecule has 11 atom stereocenters. The van der Waals surface area contributed by atoms with E-state index < -0.39 is 24.3 Å². The van der Waals surface area contributed by atoms with Gasteiger partial charge in [-0.25, -0.2) is 0 Å². The van der Waals surface area contributed by atoms with Gasteiger partial charge in [0.1, 0.15) is 0 Å². The second kappa shape index (κ2) is 34.0. The number of benzene rings is 1. The minimum atomic E-state index is -4.58. The second-order valence-electron chi connectivity index (χ2n) is 29.8. The first kappa shape index (κ1) is 73.4. The van der Waals surface area contributed by atoms with Crippen molar-refractivity contribution in [3.8, 4) is 0 Å². The molecule has 4 heterocycles. The van der Waals surface area contributed by atoms with Crippen LogP contribution in [0.2, 0.25) is 5.02 Å². The van der Waals surface area contributed by atoms with Gasteiger partial charge in [-0.2, -0.15) is 22.0 Å². The van der Waals surface area contributed by atoms with E-state index in [0.717, 1.165) is 109 Å². The van der Waals surface area contributed by atoms with E-state index in [4.69, 9.17) is 16.6 Å². The zero-order chi connectivity index (χ0) is 65.6. The molecule has 1 spiro atoms. The number of allylic oxidation sites excluding steroid dienone is 2. The van der Waals surface area contributed by atoms with Crippen molar-refractivity contribution in [1.29, 1.82) is 0 Å². The minimum absolute atomic E-state index is 0.0252. The third-order valence-electron chi connectivity index (χ3n) is 22.5. The van der Waals surface area contributed by atoms with E-state index in [2.05, 4.69) is 133 Å². The van der Waals surface area contributed by atoms with E-state index in [0.29, 0.717) is 66.8 Å². The third-order valence-corrected chi connectivity index (χ3v) is 22.8. The number of hydrogen-bond donors (Lipinski definition) is 6. The highest BCUT2D eigenvalue weighted by molar-refractivity contribution is 6.31. The number of halogens is 6. The summed E-state index contributed by atoms with van der Waals surface area (Å²) < 4.78 is 73.5. The summed E-state index contributed by atoms with van der Waals surface area (Å²) in [6, 6.07) is 1.96. The first-order valence-electron chi connectivity index (χ1n) is 36.0. The SMILES string of the molecule is CC[C@H](C)[C@H]1CN[C@@H](CC(C)C)C(C)NCC2[C@@H](C(=O)N3CCC3)C(C)N2[C@@H](C2CCCC2)C(C)NC2(CCCC2)CNCC(F)(F)NCCC(CCc2ccc(C(F)(F)F)c(Cl)c2)=NC=CN(C)C=C(CC2CCCCC2)N(C)C=C2CCCN2[C@@H](C)C(C)N1. The smallest absolute Gasteiger partial charge is 0.369 e. The van der Waals surface area contributed by atoms with Crippen LogP contribution >= 0.6 is 11.6 Å². The largest absolute Gasteiger partial charge is 0.417 e. The van der Waals surface area contributed by atoms with Crippen LogP contribution in [0.4, 0.5) is 22.0 Å². The lowest BCUT2D eigenvalue weighted by Crippen LogP contribution is -2.76. The summed E-state index contributed by atoms with van der Waals surface area (Å²) in [6.45, 7) is 25.1. The summed E-state index contributed by atoms with van der Waals surface area (Å²) in [5.41, 5.74) is 2.54. The van der Waals surface area contributed by atoms with Crippen LogP contribution in [-0.4, -0.2) is 169 Å². The van der Waals surface area contributed by atoms with E-state index in [1.165, 1.54) is 68.5 Å². The normalized spacial score (nSPS) is 31.3. The topological polar surface area (TPSA) is 118 Å². The zero-order valence-electron chi connectivity index (χ0n) is 57.7. The van der Waals surface area contributed by atoms with Gasteiger partial charge in [0.25, 0.3) is 0 Å². The van der Waals surface area contributed by atoms with E-state index in [-0.39, 0.29) is 83.8 Å². The summed E-state index contributed by atoms with van der Waals surface area (Å²) >= 11 is 6.17. The van der Waals surface area contributed by atoms with Gasteiger partial charge in [-0.05, 0) is 153 Å². The molecule has 6 N–H and O–H groups in total. The van der Waals surface area contributed by atoms with Gasteiger partial charge in [0, 0.05) is 162 Å². The molecule has 0 bridgehead atoms. The second-order valence-corrected chi connectivity index (χ2v) is 30.2. The minimum Gasteiger partial charge on any atom is -0.369 e.